The van der Waals surface area contributed by atoms with Crippen LogP contribution in [-0.2, 0) is 24.1 Å². The molecule has 0 saturated carbocycles. The molecule has 1 unspecified atom stereocenters. The average molecular weight is 433 g/mol. The highest BCUT2D eigenvalue weighted by Gasteiger charge is 2.26. The van der Waals surface area contributed by atoms with Gasteiger partial charge < -0.3 is 0 Å². The van der Waals surface area contributed by atoms with Crippen molar-refractivity contribution in [1.82, 2.24) is 25.2 Å². The molecule has 0 bridgehead atoms. The van der Waals surface area contributed by atoms with Gasteiger partial charge in [-0.05, 0) is 43.6 Å². The maximum Gasteiger partial charge on any atom is 0.279 e. The third-order valence-corrected chi connectivity index (χ3v) is 7.11. The summed E-state index contributed by atoms with van der Waals surface area (Å²) in [6.07, 6.45) is 5.34. The maximum absolute atomic E-state index is 13.2. The fourth-order valence-electron chi connectivity index (χ4n) is 3.68. The Balaban J connectivity index is 1.62. The monoisotopic (exact) mass is 432 g/mol. The van der Waals surface area contributed by atoms with Crippen LogP contribution in [0.5, 0.6) is 0 Å². The molecular weight excluding hydrogens is 408 g/mol. The molecule has 3 heterocycles. The first-order valence-corrected chi connectivity index (χ1v) is 11.6. The minimum Gasteiger partial charge on any atom is -0.299 e. The topological polar surface area (TPSA) is 103 Å². The number of rotatable bonds is 6. The molecule has 154 valence electrons. The predicted molar refractivity (Wildman–Crippen MR) is 115 cm³/mol. The minimum atomic E-state index is -0.740. The molecule has 3 aromatic heterocycles. The van der Waals surface area contributed by atoms with Crippen LogP contribution in [-0.4, -0.2) is 31.1 Å². The van der Waals surface area contributed by atoms with Gasteiger partial charge in [0, 0.05) is 11.3 Å². The smallest absolute Gasteiger partial charge is 0.279 e. The van der Waals surface area contributed by atoms with Crippen LogP contribution in [0, 0.1) is 5.92 Å². The van der Waals surface area contributed by atoms with Crippen molar-refractivity contribution in [3.05, 3.63) is 25.8 Å². The molecule has 0 saturated heterocycles. The van der Waals surface area contributed by atoms with E-state index in [1.54, 1.807) is 11.3 Å². The van der Waals surface area contributed by atoms with Crippen molar-refractivity contribution in [1.29, 1.82) is 0 Å². The van der Waals surface area contributed by atoms with Gasteiger partial charge in [-0.3, -0.25) is 14.9 Å². The van der Waals surface area contributed by atoms with E-state index in [0.29, 0.717) is 27.7 Å². The number of fused-ring (bicyclic) bond motifs is 3. The summed E-state index contributed by atoms with van der Waals surface area (Å²) in [5.74, 6) is 0.145. The van der Waals surface area contributed by atoms with Gasteiger partial charge in [-0.15, -0.1) is 26.6 Å². The number of amides is 1. The normalized spacial score (nSPS) is 14.9. The highest BCUT2D eigenvalue weighted by Crippen LogP contribution is 2.33. The van der Waals surface area contributed by atoms with Crippen molar-refractivity contribution in [2.45, 2.75) is 65.3 Å². The molecule has 0 fully saturated rings. The maximum atomic E-state index is 13.2. The molecule has 1 aliphatic carbocycles. The fourth-order valence-corrected chi connectivity index (χ4v) is 5.84. The van der Waals surface area contributed by atoms with Crippen molar-refractivity contribution in [2.24, 2.45) is 5.92 Å². The van der Waals surface area contributed by atoms with E-state index in [-0.39, 0.29) is 11.5 Å². The summed E-state index contributed by atoms with van der Waals surface area (Å²) >= 11 is 2.92. The molecule has 1 aliphatic rings. The predicted octanol–water partition coefficient (Wildman–Crippen LogP) is 3.37. The zero-order valence-electron chi connectivity index (χ0n) is 16.8. The number of hydrogen-bond donors (Lipinski definition) is 1. The molecule has 29 heavy (non-hydrogen) atoms. The largest absolute Gasteiger partial charge is 0.299 e. The highest BCUT2D eigenvalue weighted by molar-refractivity contribution is 7.18. The number of nitrogens with zero attached hydrogens (tertiary/aromatic N) is 5. The van der Waals surface area contributed by atoms with Crippen molar-refractivity contribution in [3.8, 4) is 0 Å². The van der Waals surface area contributed by atoms with Crippen molar-refractivity contribution >= 4 is 43.9 Å². The van der Waals surface area contributed by atoms with E-state index in [1.165, 1.54) is 20.9 Å². The van der Waals surface area contributed by atoms with Crippen molar-refractivity contribution in [2.75, 3.05) is 5.32 Å². The van der Waals surface area contributed by atoms with Gasteiger partial charge in [0.15, 0.2) is 4.83 Å². The SMILES string of the molecule is CCC(C(=O)Nc1nnc(CC(C)C)s1)n1nnc2sc3c(c2c1=O)CCCC3. The van der Waals surface area contributed by atoms with Crippen LogP contribution in [0.3, 0.4) is 0 Å². The lowest BCUT2D eigenvalue weighted by Gasteiger charge is -2.15. The first-order valence-electron chi connectivity index (χ1n) is 10.0. The summed E-state index contributed by atoms with van der Waals surface area (Å²) in [6.45, 7) is 6.07. The molecule has 0 aliphatic heterocycles. The number of aromatic nitrogens is 5. The second-order valence-corrected chi connectivity index (χ2v) is 9.89. The Morgan fingerprint density at radius 2 is 1.97 bits per heavy atom. The summed E-state index contributed by atoms with van der Waals surface area (Å²) < 4.78 is 1.23. The zero-order valence-corrected chi connectivity index (χ0v) is 18.4. The van der Waals surface area contributed by atoms with Crippen LogP contribution in [0.25, 0.3) is 10.2 Å². The number of hydrogen-bond acceptors (Lipinski definition) is 8. The fraction of sp³-hybridized carbons (Fsp3) is 0.579. The molecule has 0 aromatic carbocycles. The number of carbonyl (C=O) groups is 1. The van der Waals surface area contributed by atoms with Gasteiger partial charge in [0.1, 0.15) is 11.0 Å². The van der Waals surface area contributed by atoms with Gasteiger partial charge in [-0.25, -0.2) is 0 Å². The van der Waals surface area contributed by atoms with Crippen LogP contribution in [0.1, 0.15) is 61.5 Å². The van der Waals surface area contributed by atoms with Crippen LogP contribution in [0.2, 0.25) is 0 Å². The van der Waals surface area contributed by atoms with E-state index < -0.39 is 6.04 Å². The lowest BCUT2D eigenvalue weighted by Crippen LogP contribution is -2.35. The van der Waals surface area contributed by atoms with Gasteiger partial charge >= 0.3 is 0 Å². The summed E-state index contributed by atoms with van der Waals surface area (Å²) in [5, 5.41) is 21.3. The van der Waals surface area contributed by atoms with Gasteiger partial charge in [0.05, 0.1) is 5.39 Å². The number of anilines is 1. The Hall–Kier alpha value is -2.20. The number of aryl methyl sites for hydroxylation is 2. The number of nitrogens with one attached hydrogen (secondary N) is 1. The third kappa shape index (κ3) is 3.95. The van der Waals surface area contributed by atoms with E-state index in [9.17, 15) is 9.59 Å². The van der Waals surface area contributed by atoms with Crippen LogP contribution in [0.4, 0.5) is 5.13 Å². The van der Waals surface area contributed by atoms with E-state index in [4.69, 9.17) is 0 Å². The molecule has 1 atom stereocenters. The molecule has 4 rings (SSSR count). The first-order chi connectivity index (χ1) is 14.0. The number of thiophene rings is 1. The summed E-state index contributed by atoms with van der Waals surface area (Å²) in [4.78, 5) is 28.0. The molecule has 8 nitrogen and oxygen atoms in total. The molecule has 0 spiro atoms. The first kappa shape index (κ1) is 20.1. The standard InChI is InChI=1S/C19H24N6O2S2/c1-4-12(16(26)20-19-23-21-14(29-19)9-10(2)3)25-18(27)15-11-7-5-6-8-13(11)28-17(15)22-24-25/h10,12H,4-9H2,1-3H3,(H,20,23,26). The molecule has 1 amide bonds. The van der Waals surface area contributed by atoms with Crippen LogP contribution < -0.4 is 10.9 Å². The Morgan fingerprint density at radius 3 is 2.72 bits per heavy atom. The Kier molecular flexibility index (Phi) is 5.73. The Labute approximate surface area is 176 Å². The lowest BCUT2D eigenvalue weighted by atomic mass is 9.97. The van der Waals surface area contributed by atoms with Crippen LogP contribution >= 0.6 is 22.7 Å². The number of carbonyl (C=O) groups excluding carboxylic acids is 1. The van der Waals surface area contributed by atoms with Crippen molar-refractivity contribution < 1.29 is 4.79 Å². The van der Waals surface area contributed by atoms with E-state index in [2.05, 4.69) is 39.7 Å². The van der Waals surface area contributed by atoms with E-state index >= 15 is 0 Å². The summed E-state index contributed by atoms with van der Waals surface area (Å²) in [6, 6.07) is -0.740. The lowest BCUT2D eigenvalue weighted by molar-refractivity contribution is -0.119. The van der Waals surface area contributed by atoms with E-state index in [0.717, 1.165) is 42.7 Å². The Morgan fingerprint density at radius 1 is 1.17 bits per heavy atom. The quantitative estimate of drug-likeness (QED) is 0.641. The van der Waals surface area contributed by atoms with Crippen LogP contribution in [0.15, 0.2) is 4.79 Å². The van der Waals surface area contributed by atoms with Gasteiger partial charge in [-0.2, -0.15) is 4.68 Å². The zero-order chi connectivity index (χ0) is 20.5. The molecule has 0 radical (unpaired) electrons. The molecule has 10 heteroatoms. The van der Waals surface area contributed by atoms with Gasteiger partial charge in [0.25, 0.3) is 11.5 Å². The second-order valence-electron chi connectivity index (χ2n) is 7.74. The summed E-state index contributed by atoms with van der Waals surface area (Å²) in [7, 11) is 0. The molecule has 3 aromatic rings. The highest BCUT2D eigenvalue weighted by atomic mass is 32.1. The van der Waals surface area contributed by atoms with Crippen molar-refractivity contribution in [3.63, 3.8) is 0 Å². The van der Waals surface area contributed by atoms with Gasteiger partial charge in [-0.1, -0.05) is 37.3 Å². The summed E-state index contributed by atoms with van der Waals surface area (Å²) in [5.41, 5.74) is 0.872. The van der Waals surface area contributed by atoms with E-state index in [1.807, 2.05) is 6.92 Å². The Bertz CT molecular complexity index is 1100. The molecule has 1 N–H and O–H groups in total. The molecular formula is C19H24N6O2S2. The average Bonchev–Trinajstić information content (AvgIpc) is 3.27. The minimum absolute atomic E-state index is 0.228. The third-order valence-electron chi connectivity index (χ3n) is 5.07. The second kappa shape index (κ2) is 8.27. The van der Waals surface area contributed by atoms with Gasteiger partial charge in [0.2, 0.25) is 5.13 Å².